The van der Waals surface area contributed by atoms with Crippen LogP contribution >= 0.6 is 0 Å². The molecular formula is C14H19FN4O2. The van der Waals surface area contributed by atoms with Gasteiger partial charge in [-0.05, 0) is 38.1 Å². The second kappa shape index (κ2) is 6.53. The summed E-state index contributed by atoms with van der Waals surface area (Å²) in [6.07, 6.45) is 2.04. The smallest absolute Gasteiger partial charge is 0.238 e. The van der Waals surface area contributed by atoms with Crippen molar-refractivity contribution < 1.29 is 14.0 Å². The first-order valence-electron chi connectivity index (χ1n) is 6.77. The molecule has 2 amide bonds. The van der Waals surface area contributed by atoms with Crippen LogP contribution in [-0.2, 0) is 9.59 Å². The summed E-state index contributed by atoms with van der Waals surface area (Å²) in [5.41, 5.74) is 5.94. The van der Waals surface area contributed by atoms with Crippen LogP contribution in [0.5, 0.6) is 0 Å². The maximum atomic E-state index is 13.5. The highest BCUT2D eigenvalue weighted by molar-refractivity contribution is 5.93. The van der Waals surface area contributed by atoms with Crippen molar-refractivity contribution in [3.8, 4) is 0 Å². The summed E-state index contributed by atoms with van der Waals surface area (Å²) < 4.78 is 13.5. The van der Waals surface area contributed by atoms with E-state index in [1.54, 1.807) is 11.9 Å². The van der Waals surface area contributed by atoms with Crippen LogP contribution in [0.15, 0.2) is 18.2 Å². The Kier molecular flexibility index (Phi) is 4.74. The SMILES string of the molecule is CN(CC(=O)Nc1cc(N)ccc1F)CC(=O)NC1CC1. The molecule has 1 aliphatic rings. The van der Waals surface area contributed by atoms with Crippen molar-refractivity contribution in [2.45, 2.75) is 18.9 Å². The molecule has 4 N–H and O–H groups in total. The maximum Gasteiger partial charge on any atom is 0.238 e. The molecule has 0 unspecified atom stereocenters. The van der Waals surface area contributed by atoms with Crippen LogP contribution in [0.3, 0.4) is 0 Å². The normalized spacial score (nSPS) is 14.0. The molecule has 2 rings (SSSR count). The standard InChI is InChI=1S/C14H19FN4O2/c1-19(7-13(20)17-10-3-4-10)8-14(21)18-12-6-9(16)2-5-11(12)15/h2,5-6,10H,3-4,7-8,16H2,1H3,(H,17,20)(H,18,21). The summed E-state index contributed by atoms with van der Waals surface area (Å²) in [5.74, 6) is -1.06. The van der Waals surface area contributed by atoms with Crippen LogP contribution in [0.2, 0.25) is 0 Å². The number of nitrogens with two attached hydrogens (primary N) is 1. The van der Waals surface area contributed by atoms with Crippen molar-refractivity contribution in [3.05, 3.63) is 24.0 Å². The van der Waals surface area contributed by atoms with Gasteiger partial charge in [0, 0.05) is 11.7 Å². The number of nitrogens with zero attached hydrogens (tertiary/aromatic N) is 1. The van der Waals surface area contributed by atoms with Gasteiger partial charge in [0.25, 0.3) is 0 Å². The van der Waals surface area contributed by atoms with Crippen molar-refractivity contribution in [2.24, 2.45) is 0 Å². The molecule has 0 saturated heterocycles. The van der Waals surface area contributed by atoms with Gasteiger partial charge in [0.15, 0.2) is 0 Å². The maximum absolute atomic E-state index is 13.5. The molecule has 0 spiro atoms. The van der Waals surface area contributed by atoms with Gasteiger partial charge in [-0.15, -0.1) is 0 Å². The Morgan fingerprint density at radius 3 is 2.67 bits per heavy atom. The van der Waals surface area contributed by atoms with E-state index in [2.05, 4.69) is 10.6 Å². The van der Waals surface area contributed by atoms with Gasteiger partial charge in [-0.3, -0.25) is 14.5 Å². The summed E-state index contributed by atoms with van der Waals surface area (Å²) in [4.78, 5) is 25.0. The molecule has 0 aromatic heterocycles. The number of hydrogen-bond acceptors (Lipinski definition) is 4. The Labute approximate surface area is 122 Å². The number of carbonyl (C=O) groups excluding carboxylic acids is 2. The number of rotatable bonds is 6. The Morgan fingerprint density at radius 1 is 1.33 bits per heavy atom. The number of nitrogen functional groups attached to an aromatic ring is 1. The first-order valence-corrected chi connectivity index (χ1v) is 6.77. The van der Waals surface area contributed by atoms with Crippen molar-refractivity contribution in [1.82, 2.24) is 10.2 Å². The Hall–Kier alpha value is -2.15. The molecule has 114 valence electrons. The third kappa shape index (κ3) is 5.03. The van der Waals surface area contributed by atoms with E-state index in [0.717, 1.165) is 12.8 Å². The van der Waals surface area contributed by atoms with Gasteiger partial charge in [-0.2, -0.15) is 0 Å². The van der Waals surface area contributed by atoms with E-state index in [1.165, 1.54) is 18.2 Å². The van der Waals surface area contributed by atoms with Crippen LogP contribution in [0, 0.1) is 5.82 Å². The van der Waals surface area contributed by atoms with Crippen LogP contribution in [0.4, 0.5) is 15.8 Å². The van der Waals surface area contributed by atoms with E-state index >= 15 is 0 Å². The molecular weight excluding hydrogens is 275 g/mol. The molecule has 6 nitrogen and oxygen atoms in total. The predicted octanol–water partition coefficient (Wildman–Crippen LogP) is 0.557. The van der Waals surface area contributed by atoms with E-state index in [1.807, 2.05) is 0 Å². The average Bonchev–Trinajstić information content (AvgIpc) is 3.17. The lowest BCUT2D eigenvalue weighted by molar-refractivity contribution is -0.123. The highest BCUT2D eigenvalue weighted by Gasteiger charge is 2.23. The lowest BCUT2D eigenvalue weighted by Crippen LogP contribution is -2.39. The van der Waals surface area contributed by atoms with E-state index < -0.39 is 11.7 Å². The molecule has 0 aliphatic heterocycles. The van der Waals surface area contributed by atoms with Crippen LogP contribution < -0.4 is 16.4 Å². The van der Waals surface area contributed by atoms with Gasteiger partial charge < -0.3 is 16.4 Å². The van der Waals surface area contributed by atoms with Gasteiger partial charge >= 0.3 is 0 Å². The number of nitrogens with one attached hydrogen (secondary N) is 2. The highest BCUT2D eigenvalue weighted by atomic mass is 19.1. The number of carbonyl (C=O) groups is 2. The first-order chi connectivity index (χ1) is 9.94. The molecule has 7 heteroatoms. The second-order valence-corrected chi connectivity index (χ2v) is 5.30. The minimum absolute atomic E-state index is 0.00761. The topological polar surface area (TPSA) is 87.5 Å². The third-order valence-corrected chi connectivity index (χ3v) is 3.03. The van der Waals surface area contributed by atoms with E-state index in [4.69, 9.17) is 5.73 Å². The van der Waals surface area contributed by atoms with Crippen molar-refractivity contribution in [1.29, 1.82) is 0 Å². The van der Waals surface area contributed by atoms with E-state index in [-0.39, 0.29) is 24.7 Å². The number of hydrogen-bond donors (Lipinski definition) is 3. The third-order valence-electron chi connectivity index (χ3n) is 3.03. The van der Waals surface area contributed by atoms with Crippen molar-refractivity contribution in [3.63, 3.8) is 0 Å². The molecule has 1 aromatic carbocycles. The van der Waals surface area contributed by atoms with Crippen LogP contribution in [-0.4, -0.2) is 42.9 Å². The zero-order valence-electron chi connectivity index (χ0n) is 11.9. The van der Waals surface area contributed by atoms with Crippen LogP contribution in [0.25, 0.3) is 0 Å². The minimum atomic E-state index is -0.549. The lowest BCUT2D eigenvalue weighted by Gasteiger charge is -2.16. The number of halogens is 1. The molecule has 0 bridgehead atoms. The Bertz CT molecular complexity index is 546. The van der Waals surface area contributed by atoms with Gasteiger partial charge in [-0.1, -0.05) is 0 Å². The fourth-order valence-corrected chi connectivity index (χ4v) is 1.88. The number of anilines is 2. The van der Waals surface area contributed by atoms with Crippen LogP contribution in [0.1, 0.15) is 12.8 Å². The number of likely N-dealkylation sites (N-methyl/N-ethyl adjacent to an activating group) is 1. The molecule has 1 saturated carbocycles. The van der Waals surface area contributed by atoms with Crippen molar-refractivity contribution in [2.75, 3.05) is 31.2 Å². The summed E-state index contributed by atoms with van der Waals surface area (Å²) in [7, 11) is 1.65. The number of amides is 2. The fraction of sp³-hybridized carbons (Fsp3) is 0.429. The van der Waals surface area contributed by atoms with Gasteiger partial charge in [0.1, 0.15) is 5.82 Å². The zero-order valence-corrected chi connectivity index (χ0v) is 11.9. The molecule has 0 radical (unpaired) electrons. The van der Waals surface area contributed by atoms with E-state index in [9.17, 15) is 14.0 Å². The first kappa shape index (κ1) is 15.2. The van der Waals surface area contributed by atoms with Gasteiger partial charge in [0.05, 0.1) is 18.8 Å². The van der Waals surface area contributed by atoms with E-state index in [0.29, 0.717) is 11.7 Å². The largest absolute Gasteiger partial charge is 0.399 e. The van der Waals surface area contributed by atoms with Crippen molar-refractivity contribution >= 4 is 23.2 Å². The quantitative estimate of drug-likeness (QED) is 0.669. The average molecular weight is 294 g/mol. The number of benzene rings is 1. The molecule has 0 heterocycles. The predicted molar refractivity (Wildman–Crippen MR) is 78.1 cm³/mol. The Balaban J connectivity index is 1.80. The second-order valence-electron chi connectivity index (χ2n) is 5.30. The summed E-state index contributed by atoms with van der Waals surface area (Å²) in [6.45, 7) is 0.121. The monoisotopic (exact) mass is 294 g/mol. The molecule has 1 fully saturated rings. The minimum Gasteiger partial charge on any atom is -0.399 e. The summed E-state index contributed by atoms with van der Waals surface area (Å²) >= 11 is 0. The lowest BCUT2D eigenvalue weighted by atomic mass is 10.2. The molecule has 1 aliphatic carbocycles. The fourth-order valence-electron chi connectivity index (χ4n) is 1.88. The molecule has 0 atom stereocenters. The van der Waals surface area contributed by atoms with Gasteiger partial charge in [0.2, 0.25) is 11.8 Å². The Morgan fingerprint density at radius 2 is 2.00 bits per heavy atom. The summed E-state index contributed by atoms with van der Waals surface area (Å²) in [6, 6.07) is 4.26. The summed E-state index contributed by atoms with van der Waals surface area (Å²) in [5, 5.41) is 5.28. The molecule has 21 heavy (non-hydrogen) atoms. The molecule has 1 aromatic rings. The van der Waals surface area contributed by atoms with Gasteiger partial charge in [-0.25, -0.2) is 4.39 Å². The zero-order chi connectivity index (χ0) is 15.4. The highest BCUT2D eigenvalue weighted by Crippen LogP contribution is 2.18.